The van der Waals surface area contributed by atoms with Crippen LogP contribution in [0.3, 0.4) is 0 Å². The lowest BCUT2D eigenvalue weighted by atomic mass is 10.2. The van der Waals surface area contributed by atoms with Gasteiger partial charge in [0, 0.05) is 27.3 Å². The summed E-state index contributed by atoms with van der Waals surface area (Å²) in [5.74, 6) is -0.528. The van der Waals surface area contributed by atoms with Crippen LogP contribution in [-0.4, -0.2) is 56.6 Å². The number of carboxylic acid groups (broad SMARTS) is 1. The average Bonchev–Trinajstić information content (AvgIpc) is 2.39. The molecule has 0 radical (unpaired) electrons. The molecule has 0 bridgehead atoms. The molecule has 19 heavy (non-hydrogen) atoms. The van der Waals surface area contributed by atoms with E-state index in [1.807, 2.05) is 4.90 Å². The van der Waals surface area contributed by atoms with Crippen molar-refractivity contribution in [3.05, 3.63) is 17.8 Å². The first-order valence-corrected chi connectivity index (χ1v) is 5.81. The van der Waals surface area contributed by atoms with Gasteiger partial charge in [0.2, 0.25) is 0 Å². The molecule has 0 fully saturated rings. The highest BCUT2D eigenvalue weighted by Gasteiger charge is 2.14. The van der Waals surface area contributed by atoms with Crippen molar-refractivity contribution in [3.8, 4) is 0 Å². The SMILES string of the molecule is COCCN(CCOC)c1cc(C(=O)O)c(N)cn1. The van der Waals surface area contributed by atoms with E-state index in [1.165, 1.54) is 12.3 Å². The summed E-state index contributed by atoms with van der Waals surface area (Å²) in [6, 6.07) is 1.46. The Bertz CT molecular complexity index is 417. The van der Waals surface area contributed by atoms with Crippen LogP contribution >= 0.6 is 0 Å². The number of nitrogens with zero attached hydrogens (tertiary/aromatic N) is 2. The van der Waals surface area contributed by atoms with Crippen molar-refractivity contribution in [1.82, 2.24) is 4.98 Å². The molecule has 0 aromatic carbocycles. The van der Waals surface area contributed by atoms with Gasteiger partial charge in [-0.15, -0.1) is 0 Å². The zero-order valence-corrected chi connectivity index (χ0v) is 11.1. The fraction of sp³-hybridized carbons (Fsp3) is 0.500. The number of nitrogen functional groups attached to an aromatic ring is 1. The van der Waals surface area contributed by atoms with Crippen LogP contribution in [0.2, 0.25) is 0 Å². The Balaban J connectivity index is 2.93. The van der Waals surface area contributed by atoms with Crippen molar-refractivity contribution in [2.75, 3.05) is 51.2 Å². The summed E-state index contributed by atoms with van der Waals surface area (Å²) in [7, 11) is 3.21. The van der Waals surface area contributed by atoms with Gasteiger partial charge in [-0.25, -0.2) is 9.78 Å². The summed E-state index contributed by atoms with van der Waals surface area (Å²) in [4.78, 5) is 17.1. The monoisotopic (exact) mass is 269 g/mol. The molecule has 0 aliphatic carbocycles. The lowest BCUT2D eigenvalue weighted by Gasteiger charge is -2.23. The molecule has 3 N–H and O–H groups in total. The molecular formula is C12H19N3O4. The van der Waals surface area contributed by atoms with Crippen LogP contribution in [0.4, 0.5) is 11.5 Å². The van der Waals surface area contributed by atoms with E-state index < -0.39 is 5.97 Å². The molecule has 1 aromatic heterocycles. The van der Waals surface area contributed by atoms with Gasteiger partial charge in [-0.1, -0.05) is 0 Å². The number of hydrogen-bond donors (Lipinski definition) is 2. The number of nitrogens with two attached hydrogens (primary N) is 1. The Kier molecular flexibility index (Phi) is 6.04. The van der Waals surface area contributed by atoms with Gasteiger partial charge in [0.15, 0.2) is 0 Å². The van der Waals surface area contributed by atoms with Crippen LogP contribution in [0.25, 0.3) is 0 Å². The molecule has 0 aliphatic rings. The molecular weight excluding hydrogens is 250 g/mol. The van der Waals surface area contributed by atoms with Crippen molar-refractivity contribution in [3.63, 3.8) is 0 Å². The molecule has 7 heteroatoms. The molecule has 1 aromatic rings. The summed E-state index contributed by atoms with van der Waals surface area (Å²) in [6.45, 7) is 2.21. The number of carbonyl (C=O) groups is 1. The van der Waals surface area contributed by atoms with E-state index in [0.29, 0.717) is 32.1 Å². The first-order valence-electron chi connectivity index (χ1n) is 5.81. The fourth-order valence-electron chi connectivity index (χ4n) is 1.56. The Labute approximate surface area is 111 Å². The second kappa shape index (κ2) is 7.55. The van der Waals surface area contributed by atoms with Gasteiger partial charge in [-0.3, -0.25) is 0 Å². The highest BCUT2D eigenvalue weighted by atomic mass is 16.5. The number of aromatic carboxylic acids is 1. The number of anilines is 2. The van der Waals surface area contributed by atoms with Crippen molar-refractivity contribution in [2.45, 2.75) is 0 Å². The van der Waals surface area contributed by atoms with Gasteiger partial charge < -0.3 is 25.2 Å². The number of rotatable bonds is 8. The molecule has 0 saturated heterocycles. The molecule has 0 unspecified atom stereocenters. The molecule has 1 heterocycles. The minimum atomic E-state index is -1.07. The number of methoxy groups -OCH3 is 2. The van der Waals surface area contributed by atoms with Gasteiger partial charge in [0.05, 0.1) is 30.7 Å². The van der Waals surface area contributed by atoms with Crippen LogP contribution in [0.15, 0.2) is 12.3 Å². The largest absolute Gasteiger partial charge is 0.478 e. The topological polar surface area (TPSA) is 97.9 Å². The predicted molar refractivity (Wildman–Crippen MR) is 71.6 cm³/mol. The van der Waals surface area contributed by atoms with Crippen molar-refractivity contribution < 1.29 is 19.4 Å². The summed E-state index contributed by atoms with van der Waals surface area (Å²) < 4.78 is 10.0. The lowest BCUT2D eigenvalue weighted by Crippen LogP contribution is -2.31. The first-order chi connectivity index (χ1) is 9.10. The number of hydrogen-bond acceptors (Lipinski definition) is 6. The van der Waals surface area contributed by atoms with Gasteiger partial charge in [-0.05, 0) is 6.07 Å². The molecule has 0 saturated carbocycles. The number of carboxylic acids is 1. The quantitative estimate of drug-likeness (QED) is 0.707. The summed E-state index contributed by atoms with van der Waals surface area (Å²) in [5, 5.41) is 9.05. The van der Waals surface area contributed by atoms with E-state index in [9.17, 15) is 4.79 Å². The van der Waals surface area contributed by atoms with E-state index in [0.717, 1.165) is 0 Å². The second-order valence-corrected chi connectivity index (χ2v) is 3.91. The van der Waals surface area contributed by atoms with E-state index >= 15 is 0 Å². The Morgan fingerprint density at radius 1 is 1.37 bits per heavy atom. The van der Waals surface area contributed by atoms with Gasteiger partial charge >= 0.3 is 5.97 Å². The van der Waals surface area contributed by atoms with Crippen LogP contribution in [0.5, 0.6) is 0 Å². The molecule has 106 valence electrons. The van der Waals surface area contributed by atoms with Gasteiger partial charge in [0.25, 0.3) is 0 Å². The Morgan fingerprint density at radius 3 is 2.42 bits per heavy atom. The van der Waals surface area contributed by atoms with Crippen LogP contribution in [0, 0.1) is 0 Å². The summed E-state index contributed by atoms with van der Waals surface area (Å²) in [6.07, 6.45) is 1.35. The molecule has 7 nitrogen and oxygen atoms in total. The highest BCUT2D eigenvalue weighted by molar-refractivity contribution is 5.94. The van der Waals surface area contributed by atoms with Crippen LogP contribution in [0.1, 0.15) is 10.4 Å². The van der Waals surface area contributed by atoms with Crippen LogP contribution < -0.4 is 10.6 Å². The molecule has 0 atom stereocenters. The van der Waals surface area contributed by atoms with Crippen LogP contribution in [-0.2, 0) is 9.47 Å². The minimum absolute atomic E-state index is 0.0461. The Morgan fingerprint density at radius 2 is 1.95 bits per heavy atom. The molecule has 1 rings (SSSR count). The average molecular weight is 269 g/mol. The standard InChI is InChI=1S/C12H19N3O4/c1-18-5-3-15(4-6-19-2)11-7-9(12(16)17)10(13)8-14-11/h7-8H,3-6,13H2,1-2H3,(H,16,17). The zero-order chi connectivity index (χ0) is 14.3. The number of ether oxygens (including phenoxy) is 2. The maximum Gasteiger partial charge on any atom is 0.337 e. The maximum atomic E-state index is 11.0. The van der Waals surface area contributed by atoms with E-state index in [2.05, 4.69) is 4.98 Å². The zero-order valence-electron chi connectivity index (χ0n) is 11.1. The summed E-state index contributed by atoms with van der Waals surface area (Å²) >= 11 is 0. The smallest absolute Gasteiger partial charge is 0.337 e. The van der Waals surface area contributed by atoms with Gasteiger partial charge in [-0.2, -0.15) is 0 Å². The number of aromatic nitrogens is 1. The molecule has 0 amide bonds. The van der Waals surface area contributed by atoms with Gasteiger partial charge in [0.1, 0.15) is 5.82 Å². The van der Waals surface area contributed by atoms with E-state index in [4.69, 9.17) is 20.3 Å². The molecule has 0 spiro atoms. The highest BCUT2D eigenvalue weighted by Crippen LogP contribution is 2.18. The maximum absolute atomic E-state index is 11.0. The van der Waals surface area contributed by atoms with Crippen molar-refractivity contribution in [2.24, 2.45) is 0 Å². The third kappa shape index (κ3) is 4.38. The third-order valence-corrected chi connectivity index (χ3v) is 2.61. The Hall–Kier alpha value is -1.86. The number of pyridine rings is 1. The normalized spacial score (nSPS) is 10.4. The fourth-order valence-corrected chi connectivity index (χ4v) is 1.56. The minimum Gasteiger partial charge on any atom is -0.478 e. The second-order valence-electron chi connectivity index (χ2n) is 3.91. The summed E-state index contributed by atoms with van der Waals surface area (Å²) in [5.41, 5.74) is 5.77. The van der Waals surface area contributed by atoms with Crippen molar-refractivity contribution in [1.29, 1.82) is 0 Å². The molecule has 0 aliphatic heterocycles. The van der Waals surface area contributed by atoms with Crippen molar-refractivity contribution >= 4 is 17.5 Å². The first kappa shape index (κ1) is 15.2. The van der Waals surface area contributed by atoms with E-state index in [1.54, 1.807) is 14.2 Å². The predicted octanol–water partition coefficient (Wildman–Crippen LogP) is 0.461. The lowest BCUT2D eigenvalue weighted by molar-refractivity contribution is 0.0698. The van der Waals surface area contributed by atoms with E-state index in [-0.39, 0.29) is 11.3 Å². The third-order valence-electron chi connectivity index (χ3n) is 2.61.